The monoisotopic (exact) mass is 452 g/mol. The maximum Gasteiger partial charge on any atom is 0.264 e. The van der Waals surface area contributed by atoms with Gasteiger partial charge in [-0.3, -0.25) is 4.79 Å². The topological polar surface area (TPSA) is 54.5 Å². The fraction of sp³-hybridized carbons (Fsp3) is 0.333. The normalized spacial score (nSPS) is 15.5. The zero-order valence-electron chi connectivity index (χ0n) is 18.1. The number of carbonyl (C=O) groups excluding carboxylic acids is 1. The highest BCUT2D eigenvalue weighted by molar-refractivity contribution is 7.20. The first-order valence-corrected chi connectivity index (χ1v) is 11.6. The molecule has 0 radical (unpaired) electrons. The van der Waals surface area contributed by atoms with Crippen LogP contribution in [0.4, 0.5) is 4.39 Å². The largest absolute Gasteiger partial charge is 0.467 e. The van der Waals surface area contributed by atoms with E-state index in [1.165, 1.54) is 23.5 Å². The molecule has 0 unspecified atom stereocenters. The van der Waals surface area contributed by atoms with Crippen molar-refractivity contribution in [3.05, 3.63) is 70.9 Å². The van der Waals surface area contributed by atoms with Gasteiger partial charge in [0.1, 0.15) is 16.4 Å². The van der Waals surface area contributed by atoms with Crippen LogP contribution in [0.1, 0.15) is 34.0 Å². The quantitative estimate of drug-likeness (QED) is 0.434. The molecular formula is C24H25FN4O2S. The summed E-state index contributed by atoms with van der Waals surface area (Å²) in [5.41, 5.74) is 1.62. The van der Waals surface area contributed by atoms with E-state index in [2.05, 4.69) is 17.0 Å². The van der Waals surface area contributed by atoms with Gasteiger partial charge >= 0.3 is 0 Å². The number of hydrogen-bond donors (Lipinski definition) is 0. The van der Waals surface area contributed by atoms with Crippen LogP contribution in [0.15, 0.2) is 53.1 Å². The molecule has 8 heteroatoms. The highest BCUT2D eigenvalue weighted by Crippen LogP contribution is 2.32. The van der Waals surface area contributed by atoms with Gasteiger partial charge in [0.25, 0.3) is 5.91 Å². The van der Waals surface area contributed by atoms with Crippen LogP contribution in [-0.2, 0) is 6.54 Å². The van der Waals surface area contributed by atoms with Gasteiger partial charge in [-0.25, -0.2) is 9.07 Å². The Morgan fingerprint density at radius 1 is 1.25 bits per heavy atom. The van der Waals surface area contributed by atoms with Crippen LogP contribution in [-0.4, -0.2) is 51.7 Å². The molecule has 166 valence electrons. The van der Waals surface area contributed by atoms with Crippen molar-refractivity contribution in [2.24, 2.45) is 0 Å². The van der Waals surface area contributed by atoms with Crippen molar-refractivity contribution in [2.75, 3.05) is 20.1 Å². The molecular weight excluding hydrogens is 427 g/mol. The molecule has 0 saturated carbocycles. The first-order chi connectivity index (χ1) is 15.5. The van der Waals surface area contributed by atoms with Gasteiger partial charge in [0, 0.05) is 11.4 Å². The number of carbonyl (C=O) groups is 1. The number of hydrogen-bond acceptors (Lipinski definition) is 5. The average molecular weight is 453 g/mol. The van der Waals surface area contributed by atoms with Crippen LogP contribution in [0.2, 0.25) is 0 Å². The van der Waals surface area contributed by atoms with Crippen LogP contribution in [0.3, 0.4) is 0 Å². The number of furan rings is 1. The molecule has 1 fully saturated rings. The molecule has 5 rings (SSSR count). The minimum absolute atomic E-state index is 0.0159. The Labute approximate surface area is 189 Å². The summed E-state index contributed by atoms with van der Waals surface area (Å²) in [6.07, 6.45) is 3.53. The number of amides is 1. The van der Waals surface area contributed by atoms with Crippen LogP contribution in [0, 0.1) is 12.7 Å². The van der Waals surface area contributed by atoms with Crippen LogP contribution < -0.4 is 0 Å². The Bertz CT molecular complexity index is 1220. The van der Waals surface area contributed by atoms with Gasteiger partial charge < -0.3 is 14.2 Å². The average Bonchev–Trinajstić information content (AvgIpc) is 3.52. The summed E-state index contributed by atoms with van der Waals surface area (Å²) >= 11 is 1.43. The summed E-state index contributed by atoms with van der Waals surface area (Å²) in [6, 6.07) is 12.1. The molecule has 1 aliphatic rings. The Kier molecular flexibility index (Phi) is 5.57. The standard InChI is InChI=1S/C24H25FN4O2S/c1-16-21-14-22(32-24(21)29(26-16)19-7-5-17(25)6-8-19)23(30)28(15-20-4-3-13-31-20)18-9-11-27(2)12-10-18/h3-8,13-14,18H,9-12,15H2,1-2H3. The predicted octanol–water partition coefficient (Wildman–Crippen LogP) is 4.86. The van der Waals surface area contributed by atoms with E-state index in [1.807, 2.05) is 30.0 Å². The first-order valence-electron chi connectivity index (χ1n) is 10.8. The zero-order valence-corrected chi connectivity index (χ0v) is 18.9. The Balaban J connectivity index is 1.49. The third kappa shape index (κ3) is 3.96. The van der Waals surface area contributed by atoms with Gasteiger partial charge in [0.05, 0.1) is 29.1 Å². The van der Waals surface area contributed by atoms with Gasteiger partial charge in [-0.05, 0) is 82.4 Å². The van der Waals surface area contributed by atoms with Gasteiger partial charge in [0.15, 0.2) is 0 Å². The number of piperidine rings is 1. The molecule has 0 atom stereocenters. The first kappa shape index (κ1) is 20.9. The minimum Gasteiger partial charge on any atom is -0.467 e. The van der Waals surface area contributed by atoms with Gasteiger partial charge in [-0.2, -0.15) is 5.10 Å². The van der Waals surface area contributed by atoms with Crippen molar-refractivity contribution in [3.8, 4) is 5.69 Å². The molecule has 1 saturated heterocycles. The molecule has 0 aliphatic carbocycles. The highest BCUT2D eigenvalue weighted by atomic mass is 32.1. The van der Waals surface area contributed by atoms with E-state index in [9.17, 15) is 9.18 Å². The number of likely N-dealkylation sites (tertiary alicyclic amines) is 1. The van der Waals surface area contributed by atoms with Crippen molar-refractivity contribution < 1.29 is 13.6 Å². The van der Waals surface area contributed by atoms with E-state index >= 15 is 0 Å². The number of aromatic nitrogens is 2. The Hall–Kier alpha value is -2.97. The maximum absolute atomic E-state index is 13.7. The minimum atomic E-state index is -0.289. The number of fused-ring (bicyclic) bond motifs is 1. The second-order valence-corrected chi connectivity index (χ2v) is 9.38. The number of rotatable bonds is 5. The second-order valence-electron chi connectivity index (χ2n) is 8.35. The number of aryl methyl sites for hydroxylation is 1. The maximum atomic E-state index is 13.7. The summed E-state index contributed by atoms with van der Waals surface area (Å²) in [5.74, 6) is 0.511. The SMILES string of the molecule is Cc1nn(-c2ccc(F)cc2)c2sc(C(=O)N(Cc3ccco3)C3CCN(C)CC3)cc12. The van der Waals surface area contributed by atoms with E-state index in [0.717, 1.165) is 53.3 Å². The molecule has 1 aliphatic heterocycles. The van der Waals surface area contributed by atoms with Crippen LogP contribution in [0.5, 0.6) is 0 Å². The van der Waals surface area contributed by atoms with Crippen molar-refractivity contribution >= 4 is 27.5 Å². The Morgan fingerprint density at radius 3 is 2.69 bits per heavy atom. The van der Waals surface area contributed by atoms with Gasteiger partial charge in [-0.1, -0.05) is 0 Å². The lowest BCUT2D eigenvalue weighted by atomic mass is 10.0. The molecule has 0 spiro atoms. The third-order valence-electron chi connectivity index (χ3n) is 6.12. The number of thiophene rings is 1. The number of halogens is 1. The van der Waals surface area contributed by atoms with E-state index in [0.29, 0.717) is 11.4 Å². The smallest absolute Gasteiger partial charge is 0.264 e. The summed E-state index contributed by atoms with van der Waals surface area (Å²) in [6.45, 7) is 4.33. The van der Waals surface area contributed by atoms with E-state index in [1.54, 1.807) is 23.1 Å². The lowest BCUT2D eigenvalue weighted by Crippen LogP contribution is -2.46. The van der Waals surface area contributed by atoms with Crippen molar-refractivity contribution in [1.29, 1.82) is 0 Å². The van der Waals surface area contributed by atoms with Crippen molar-refractivity contribution in [3.63, 3.8) is 0 Å². The van der Waals surface area contributed by atoms with E-state index in [-0.39, 0.29) is 17.8 Å². The molecule has 4 heterocycles. The fourth-order valence-corrected chi connectivity index (χ4v) is 5.43. The van der Waals surface area contributed by atoms with Crippen molar-refractivity contribution in [1.82, 2.24) is 19.6 Å². The lowest BCUT2D eigenvalue weighted by molar-refractivity contribution is 0.0555. The van der Waals surface area contributed by atoms with Crippen LogP contribution >= 0.6 is 11.3 Å². The fourth-order valence-electron chi connectivity index (χ4n) is 4.30. The molecule has 3 aromatic heterocycles. The van der Waals surface area contributed by atoms with Crippen LogP contribution in [0.25, 0.3) is 15.9 Å². The molecule has 6 nitrogen and oxygen atoms in total. The molecule has 4 aromatic rings. The second kappa shape index (κ2) is 8.52. The number of benzene rings is 1. The lowest BCUT2D eigenvalue weighted by Gasteiger charge is -2.36. The summed E-state index contributed by atoms with van der Waals surface area (Å²) in [5, 5.41) is 5.56. The van der Waals surface area contributed by atoms with Crippen molar-refractivity contribution in [2.45, 2.75) is 32.4 Å². The Morgan fingerprint density at radius 2 is 2.00 bits per heavy atom. The molecule has 1 aromatic carbocycles. The highest BCUT2D eigenvalue weighted by Gasteiger charge is 2.30. The molecule has 32 heavy (non-hydrogen) atoms. The van der Waals surface area contributed by atoms with E-state index in [4.69, 9.17) is 4.42 Å². The molecule has 1 amide bonds. The van der Waals surface area contributed by atoms with Gasteiger partial charge in [-0.15, -0.1) is 11.3 Å². The van der Waals surface area contributed by atoms with Gasteiger partial charge in [0.2, 0.25) is 0 Å². The molecule has 0 bridgehead atoms. The molecule has 0 N–H and O–H groups in total. The third-order valence-corrected chi connectivity index (χ3v) is 7.22. The summed E-state index contributed by atoms with van der Waals surface area (Å²) < 4.78 is 20.7. The predicted molar refractivity (Wildman–Crippen MR) is 123 cm³/mol. The summed E-state index contributed by atoms with van der Waals surface area (Å²) in [7, 11) is 2.12. The van der Waals surface area contributed by atoms with E-state index < -0.39 is 0 Å². The number of nitrogens with zero attached hydrogens (tertiary/aromatic N) is 4. The zero-order chi connectivity index (χ0) is 22.2. The summed E-state index contributed by atoms with van der Waals surface area (Å²) in [4.78, 5) is 19.6.